The van der Waals surface area contributed by atoms with Crippen molar-refractivity contribution < 1.29 is 5.11 Å². The van der Waals surface area contributed by atoms with Crippen molar-refractivity contribution in [2.75, 3.05) is 0 Å². The van der Waals surface area contributed by atoms with Crippen molar-refractivity contribution in [3.05, 3.63) is 0 Å². The molecule has 2 aliphatic carbocycles. The molecule has 0 aliphatic heterocycles. The molecule has 2 saturated carbocycles. The lowest BCUT2D eigenvalue weighted by Crippen LogP contribution is -2.40. The number of aliphatic hydroxyl groups excluding tert-OH is 1. The molecule has 0 aromatic carbocycles. The summed E-state index contributed by atoms with van der Waals surface area (Å²) in [6.45, 7) is 0. The highest BCUT2D eigenvalue weighted by Gasteiger charge is 2.43. The maximum absolute atomic E-state index is 10.4. The molecule has 2 aliphatic rings. The lowest BCUT2D eigenvalue weighted by atomic mass is 9.67. The first-order valence-corrected chi connectivity index (χ1v) is 6.38. The Balaban J connectivity index is 2.07. The number of rotatable bonds is 2. The Bertz CT molecular complexity index is 244. The summed E-state index contributed by atoms with van der Waals surface area (Å²) < 4.78 is 0. The molecule has 0 heterocycles. The average molecular weight is 207 g/mol. The van der Waals surface area contributed by atoms with E-state index in [1.165, 1.54) is 19.3 Å². The van der Waals surface area contributed by atoms with Gasteiger partial charge >= 0.3 is 0 Å². The maximum Gasteiger partial charge on any atom is 0.0835 e. The highest BCUT2D eigenvalue weighted by atomic mass is 16.3. The second-order valence-electron chi connectivity index (χ2n) is 5.32. The van der Waals surface area contributed by atoms with Crippen LogP contribution in [0.3, 0.4) is 0 Å². The molecule has 1 N–H and O–H groups in total. The van der Waals surface area contributed by atoms with Gasteiger partial charge in [0.2, 0.25) is 0 Å². The van der Waals surface area contributed by atoms with Gasteiger partial charge in [-0.2, -0.15) is 5.26 Å². The Labute approximate surface area is 92.3 Å². The molecule has 0 bridgehead atoms. The van der Waals surface area contributed by atoms with E-state index in [2.05, 4.69) is 6.07 Å². The third-order valence-electron chi connectivity index (χ3n) is 4.38. The van der Waals surface area contributed by atoms with Crippen LogP contribution >= 0.6 is 0 Å². The quantitative estimate of drug-likeness (QED) is 0.756. The average Bonchev–Trinajstić information content (AvgIpc) is 2.82. The fourth-order valence-corrected chi connectivity index (χ4v) is 3.38. The van der Waals surface area contributed by atoms with E-state index in [9.17, 15) is 10.4 Å². The van der Waals surface area contributed by atoms with Crippen molar-refractivity contribution in [2.24, 2.45) is 11.3 Å². The molecule has 2 heteroatoms. The molecular formula is C13H21NO. The zero-order valence-corrected chi connectivity index (χ0v) is 9.41. The van der Waals surface area contributed by atoms with Crippen LogP contribution in [0.2, 0.25) is 0 Å². The summed E-state index contributed by atoms with van der Waals surface area (Å²) in [5, 5.41) is 19.8. The van der Waals surface area contributed by atoms with Gasteiger partial charge in [-0.05, 0) is 31.6 Å². The third-order valence-corrected chi connectivity index (χ3v) is 4.38. The van der Waals surface area contributed by atoms with E-state index < -0.39 is 5.41 Å². The van der Waals surface area contributed by atoms with Crippen LogP contribution in [-0.2, 0) is 0 Å². The molecule has 1 unspecified atom stereocenters. The van der Waals surface area contributed by atoms with Crippen LogP contribution in [0, 0.1) is 22.7 Å². The molecule has 2 fully saturated rings. The lowest BCUT2D eigenvalue weighted by molar-refractivity contribution is -0.00551. The number of hydrogen-bond donors (Lipinski definition) is 1. The summed E-state index contributed by atoms with van der Waals surface area (Å²) in [5.41, 5.74) is -0.396. The Morgan fingerprint density at radius 2 is 1.67 bits per heavy atom. The van der Waals surface area contributed by atoms with E-state index in [0.717, 1.165) is 38.5 Å². The van der Waals surface area contributed by atoms with Crippen LogP contribution in [0.25, 0.3) is 0 Å². The van der Waals surface area contributed by atoms with E-state index in [1.807, 2.05) is 0 Å². The number of nitrogens with zero attached hydrogens (tertiary/aromatic N) is 1. The van der Waals surface area contributed by atoms with E-state index in [4.69, 9.17) is 0 Å². The SMILES string of the molecule is N#CC1(C(O)C2CCCC2)CCCCC1. The van der Waals surface area contributed by atoms with Crippen molar-refractivity contribution in [2.45, 2.75) is 63.9 Å². The Morgan fingerprint density at radius 3 is 2.20 bits per heavy atom. The first-order chi connectivity index (χ1) is 7.28. The molecule has 15 heavy (non-hydrogen) atoms. The van der Waals surface area contributed by atoms with Crippen molar-refractivity contribution in [3.8, 4) is 6.07 Å². The van der Waals surface area contributed by atoms with Gasteiger partial charge in [0.05, 0.1) is 17.6 Å². The summed E-state index contributed by atoms with van der Waals surface area (Å²) in [7, 11) is 0. The van der Waals surface area contributed by atoms with Crippen molar-refractivity contribution in [1.29, 1.82) is 5.26 Å². The van der Waals surface area contributed by atoms with Crippen LogP contribution in [0.4, 0.5) is 0 Å². The van der Waals surface area contributed by atoms with Gasteiger partial charge in [-0.15, -0.1) is 0 Å². The Hall–Kier alpha value is -0.550. The van der Waals surface area contributed by atoms with E-state index in [0.29, 0.717) is 5.92 Å². The molecule has 84 valence electrons. The van der Waals surface area contributed by atoms with E-state index >= 15 is 0 Å². The van der Waals surface area contributed by atoms with Gasteiger partial charge in [-0.1, -0.05) is 32.1 Å². The fraction of sp³-hybridized carbons (Fsp3) is 0.923. The van der Waals surface area contributed by atoms with Gasteiger partial charge in [0.1, 0.15) is 0 Å². The maximum atomic E-state index is 10.4. The Kier molecular flexibility index (Phi) is 3.31. The highest BCUT2D eigenvalue weighted by molar-refractivity contribution is 5.07. The molecule has 1 atom stereocenters. The van der Waals surface area contributed by atoms with Crippen molar-refractivity contribution in [1.82, 2.24) is 0 Å². The lowest BCUT2D eigenvalue weighted by Gasteiger charge is -2.37. The predicted octanol–water partition coefficient (Wildman–Crippen LogP) is 3.01. The smallest absolute Gasteiger partial charge is 0.0835 e. The van der Waals surface area contributed by atoms with Gasteiger partial charge in [0.15, 0.2) is 0 Å². The second-order valence-corrected chi connectivity index (χ2v) is 5.32. The first-order valence-electron chi connectivity index (χ1n) is 6.38. The molecule has 0 radical (unpaired) electrons. The number of aliphatic hydroxyl groups is 1. The Morgan fingerprint density at radius 1 is 1.07 bits per heavy atom. The van der Waals surface area contributed by atoms with Gasteiger partial charge in [0.25, 0.3) is 0 Å². The first kappa shape index (κ1) is 11.0. The van der Waals surface area contributed by atoms with Gasteiger partial charge < -0.3 is 5.11 Å². The van der Waals surface area contributed by atoms with Crippen LogP contribution < -0.4 is 0 Å². The molecule has 0 amide bonds. The van der Waals surface area contributed by atoms with Gasteiger partial charge in [-0.25, -0.2) is 0 Å². The molecule has 2 rings (SSSR count). The summed E-state index contributed by atoms with van der Waals surface area (Å²) >= 11 is 0. The van der Waals surface area contributed by atoms with Crippen LogP contribution in [-0.4, -0.2) is 11.2 Å². The molecular weight excluding hydrogens is 186 g/mol. The van der Waals surface area contributed by atoms with Gasteiger partial charge in [0, 0.05) is 0 Å². The zero-order valence-electron chi connectivity index (χ0n) is 9.41. The van der Waals surface area contributed by atoms with E-state index in [1.54, 1.807) is 0 Å². The normalized spacial score (nSPS) is 28.5. The third kappa shape index (κ3) is 2.03. The monoisotopic (exact) mass is 207 g/mol. The molecule has 0 spiro atoms. The summed E-state index contributed by atoms with van der Waals surface area (Å²) in [4.78, 5) is 0. The summed E-state index contributed by atoms with van der Waals surface area (Å²) in [6.07, 6.45) is 9.70. The number of nitriles is 1. The molecule has 0 aromatic rings. The highest BCUT2D eigenvalue weighted by Crippen LogP contribution is 2.44. The van der Waals surface area contributed by atoms with Crippen LogP contribution in [0.5, 0.6) is 0 Å². The fourth-order valence-electron chi connectivity index (χ4n) is 3.38. The largest absolute Gasteiger partial charge is 0.391 e. The van der Waals surface area contributed by atoms with Gasteiger partial charge in [-0.3, -0.25) is 0 Å². The second kappa shape index (κ2) is 4.53. The number of hydrogen-bond acceptors (Lipinski definition) is 2. The summed E-state index contributed by atoms with van der Waals surface area (Å²) in [6, 6.07) is 2.44. The summed E-state index contributed by atoms with van der Waals surface area (Å²) in [5.74, 6) is 0.405. The molecule has 0 saturated heterocycles. The minimum absolute atomic E-state index is 0.356. The van der Waals surface area contributed by atoms with Crippen molar-refractivity contribution in [3.63, 3.8) is 0 Å². The van der Waals surface area contributed by atoms with Crippen molar-refractivity contribution >= 4 is 0 Å². The van der Waals surface area contributed by atoms with Crippen LogP contribution in [0.15, 0.2) is 0 Å². The standard InChI is InChI=1S/C13H21NO/c14-10-13(8-4-1-5-9-13)12(15)11-6-2-3-7-11/h11-12,15H,1-9H2. The minimum atomic E-state index is -0.396. The van der Waals surface area contributed by atoms with E-state index in [-0.39, 0.29) is 6.10 Å². The van der Waals surface area contributed by atoms with Crippen LogP contribution in [0.1, 0.15) is 57.8 Å². The zero-order chi connectivity index (χ0) is 10.7. The minimum Gasteiger partial charge on any atom is -0.391 e. The topological polar surface area (TPSA) is 44.0 Å². The molecule has 0 aromatic heterocycles. The predicted molar refractivity (Wildman–Crippen MR) is 59.1 cm³/mol. The molecule has 2 nitrogen and oxygen atoms in total.